The largest absolute Gasteiger partial charge is 0.357 e. The molecule has 1 unspecified atom stereocenters. The zero-order valence-electron chi connectivity index (χ0n) is 17.6. The van der Waals surface area contributed by atoms with Crippen LogP contribution in [0.4, 0.5) is 0 Å². The Morgan fingerprint density at radius 1 is 1.13 bits per heavy atom. The van der Waals surface area contributed by atoms with E-state index in [4.69, 9.17) is 4.98 Å². The van der Waals surface area contributed by atoms with Crippen LogP contribution in [0.3, 0.4) is 0 Å². The lowest BCUT2D eigenvalue weighted by Gasteiger charge is -2.29. The van der Waals surface area contributed by atoms with E-state index in [0.717, 1.165) is 29.2 Å². The van der Waals surface area contributed by atoms with Gasteiger partial charge in [-0.25, -0.2) is 15.0 Å². The smallest absolute Gasteiger partial charge is 0.272 e. The van der Waals surface area contributed by atoms with E-state index in [2.05, 4.69) is 30.1 Å². The van der Waals surface area contributed by atoms with Crippen LogP contribution in [0.1, 0.15) is 28.7 Å². The lowest BCUT2D eigenvalue weighted by molar-refractivity contribution is -0.122. The fourth-order valence-corrected chi connectivity index (χ4v) is 3.76. The summed E-state index contributed by atoms with van der Waals surface area (Å²) in [4.78, 5) is 40.0. The Morgan fingerprint density at radius 3 is 2.58 bits per heavy atom. The van der Waals surface area contributed by atoms with Gasteiger partial charge < -0.3 is 15.2 Å². The second-order valence-electron chi connectivity index (χ2n) is 7.52. The summed E-state index contributed by atoms with van der Waals surface area (Å²) in [6.45, 7) is 4.42. The van der Waals surface area contributed by atoms with Crippen LogP contribution in [-0.2, 0) is 24.4 Å². The van der Waals surface area contributed by atoms with Crippen LogP contribution in [0.25, 0.3) is 11.4 Å². The van der Waals surface area contributed by atoms with Gasteiger partial charge in [0.25, 0.3) is 5.91 Å². The van der Waals surface area contributed by atoms with E-state index in [1.54, 1.807) is 26.4 Å². The maximum atomic E-state index is 13.1. The highest BCUT2D eigenvalue weighted by Gasteiger charge is 2.29. The van der Waals surface area contributed by atoms with Gasteiger partial charge in [0.2, 0.25) is 5.91 Å². The van der Waals surface area contributed by atoms with Crippen molar-refractivity contribution in [2.24, 2.45) is 0 Å². The third-order valence-corrected chi connectivity index (χ3v) is 5.34. The van der Waals surface area contributed by atoms with E-state index in [1.807, 2.05) is 30.3 Å². The number of aromatic nitrogens is 4. The van der Waals surface area contributed by atoms with Gasteiger partial charge in [-0.3, -0.25) is 14.5 Å². The lowest BCUT2D eigenvalue weighted by atomic mass is 10.2. The molecule has 0 saturated heterocycles. The molecule has 4 rings (SSSR count). The number of carbonyl (C=O) groups excluding carboxylic acids is 2. The van der Waals surface area contributed by atoms with Crippen LogP contribution in [-0.4, -0.2) is 55.9 Å². The van der Waals surface area contributed by atoms with Crippen LogP contribution in [0.5, 0.6) is 0 Å². The number of hydrogen-bond acceptors (Lipinski definition) is 6. The number of imidazole rings is 1. The number of carbonyl (C=O) groups is 2. The van der Waals surface area contributed by atoms with Crippen molar-refractivity contribution in [3.8, 4) is 11.4 Å². The van der Waals surface area contributed by atoms with Crippen molar-refractivity contribution in [3.05, 3.63) is 66.0 Å². The molecule has 1 atom stereocenters. The molecule has 0 radical (unpaired) electrons. The first kappa shape index (κ1) is 20.7. The fraction of sp³-hybridized carbons (Fsp3) is 0.318. The van der Waals surface area contributed by atoms with Crippen molar-refractivity contribution >= 4 is 11.8 Å². The molecule has 160 valence electrons. The van der Waals surface area contributed by atoms with E-state index in [0.29, 0.717) is 25.3 Å². The van der Waals surface area contributed by atoms with Gasteiger partial charge in [0.1, 0.15) is 18.2 Å². The molecule has 1 aromatic carbocycles. The summed E-state index contributed by atoms with van der Waals surface area (Å²) in [6.07, 6.45) is 5.11. The standard InChI is InChI=1S/C22H25N7O2/c1-15(21(30)23-2)26-22(31)19-18-13-28(12-16-10-24-14-25-11-16)8-9-29(18)20(27-19)17-6-4-3-5-7-17/h3-7,10-11,14-15H,8-9,12-13H2,1-2H3,(H,23,30)(H,26,31). The fourth-order valence-electron chi connectivity index (χ4n) is 3.76. The predicted molar refractivity (Wildman–Crippen MR) is 115 cm³/mol. The number of hydrogen-bond donors (Lipinski definition) is 2. The van der Waals surface area contributed by atoms with Crippen molar-refractivity contribution in [2.45, 2.75) is 32.6 Å². The first-order valence-corrected chi connectivity index (χ1v) is 10.2. The molecular weight excluding hydrogens is 394 g/mol. The molecule has 0 fully saturated rings. The molecule has 2 aromatic heterocycles. The average Bonchev–Trinajstić information content (AvgIpc) is 3.18. The second kappa shape index (κ2) is 9.05. The summed E-state index contributed by atoms with van der Waals surface area (Å²) < 4.78 is 2.10. The normalized spacial score (nSPS) is 14.5. The Morgan fingerprint density at radius 2 is 1.87 bits per heavy atom. The van der Waals surface area contributed by atoms with Crippen LogP contribution in [0.15, 0.2) is 49.1 Å². The Bertz CT molecular complexity index is 1070. The van der Waals surface area contributed by atoms with E-state index in [-0.39, 0.29) is 11.8 Å². The second-order valence-corrected chi connectivity index (χ2v) is 7.52. The summed E-state index contributed by atoms with van der Waals surface area (Å²) in [5.41, 5.74) is 3.15. The molecule has 0 aliphatic carbocycles. The number of likely N-dealkylation sites (N-methyl/N-ethyl adjacent to an activating group) is 1. The van der Waals surface area contributed by atoms with Gasteiger partial charge >= 0.3 is 0 Å². The molecule has 1 aliphatic heterocycles. The highest BCUT2D eigenvalue weighted by Crippen LogP contribution is 2.27. The molecule has 3 aromatic rings. The zero-order valence-corrected chi connectivity index (χ0v) is 17.6. The number of amides is 2. The third-order valence-electron chi connectivity index (χ3n) is 5.34. The molecule has 3 heterocycles. The van der Waals surface area contributed by atoms with E-state index in [1.165, 1.54) is 6.33 Å². The molecule has 2 N–H and O–H groups in total. The van der Waals surface area contributed by atoms with Gasteiger partial charge in [0.05, 0.1) is 5.69 Å². The number of rotatable bonds is 6. The maximum Gasteiger partial charge on any atom is 0.272 e. The summed E-state index contributed by atoms with van der Waals surface area (Å²) >= 11 is 0. The molecule has 0 saturated carbocycles. The van der Waals surface area contributed by atoms with Gasteiger partial charge in [0.15, 0.2) is 5.69 Å². The number of nitrogens with one attached hydrogen (secondary N) is 2. The van der Waals surface area contributed by atoms with Crippen molar-refractivity contribution in [2.75, 3.05) is 13.6 Å². The summed E-state index contributed by atoms with van der Waals surface area (Å²) in [7, 11) is 1.54. The molecule has 1 aliphatic rings. The number of nitrogens with zero attached hydrogens (tertiary/aromatic N) is 5. The molecule has 0 bridgehead atoms. The Hall–Kier alpha value is -3.59. The molecule has 2 amide bonds. The van der Waals surface area contributed by atoms with E-state index >= 15 is 0 Å². The first-order valence-electron chi connectivity index (χ1n) is 10.2. The average molecular weight is 419 g/mol. The van der Waals surface area contributed by atoms with Gasteiger partial charge in [-0.1, -0.05) is 30.3 Å². The van der Waals surface area contributed by atoms with Gasteiger partial charge in [-0.2, -0.15) is 0 Å². The maximum absolute atomic E-state index is 13.1. The topological polar surface area (TPSA) is 105 Å². The minimum atomic E-state index is -0.656. The number of fused-ring (bicyclic) bond motifs is 1. The van der Waals surface area contributed by atoms with Crippen molar-refractivity contribution in [1.82, 2.24) is 35.1 Å². The SMILES string of the molecule is CNC(=O)C(C)NC(=O)c1nc(-c2ccccc2)n2c1CN(Cc1cncnc1)CC2. The predicted octanol–water partition coefficient (Wildman–Crippen LogP) is 1.22. The Kier molecular flexibility index (Phi) is 6.03. The highest BCUT2D eigenvalue weighted by molar-refractivity contribution is 5.97. The first-order chi connectivity index (χ1) is 15.1. The Labute approximate surface area is 180 Å². The van der Waals surface area contributed by atoms with Gasteiger partial charge in [0, 0.05) is 56.7 Å². The van der Waals surface area contributed by atoms with E-state index in [9.17, 15) is 9.59 Å². The minimum Gasteiger partial charge on any atom is -0.357 e. The quantitative estimate of drug-likeness (QED) is 0.623. The van der Waals surface area contributed by atoms with Crippen LogP contribution in [0.2, 0.25) is 0 Å². The van der Waals surface area contributed by atoms with Gasteiger partial charge in [-0.15, -0.1) is 0 Å². The van der Waals surface area contributed by atoms with Crippen molar-refractivity contribution in [1.29, 1.82) is 0 Å². The minimum absolute atomic E-state index is 0.254. The summed E-state index contributed by atoms with van der Waals surface area (Å²) in [5, 5.41) is 5.31. The number of benzene rings is 1. The highest BCUT2D eigenvalue weighted by atomic mass is 16.2. The summed E-state index contributed by atoms with van der Waals surface area (Å²) in [6, 6.07) is 9.17. The zero-order chi connectivity index (χ0) is 21.8. The van der Waals surface area contributed by atoms with Crippen molar-refractivity contribution in [3.63, 3.8) is 0 Å². The van der Waals surface area contributed by atoms with Crippen molar-refractivity contribution < 1.29 is 9.59 Å². The molecular formula is C22H25N7O2. The van der Waals surface area contributed by atoms with Crippen LogP contribution in [0, 0.1) is 0 Å². The molecule has 0 spiro atoms. The Balaban J connectivity index is 1.65. The monoisotopic (exact) mass is 419 g/mol. The summed E-state index contributed by atoms with van der Waals surface area (Å²) in [5.74, 6) is 0.151. The molecule has 9 heteroatoms. The van der Waals surface area contributed by atoms with Gasteiger partial charge in [-0.05, 0) is 6.92 Å². The molecule has 31 heavy (non-hydrogen) atoms. The molecule has 9 nitrogen and oxygen atoms in total. The lowest BCUT2D eigenvalue weighted by Crippen LogP contribution is -2.44. The van der Waals surface area contributed by atoms with Crippen LogP contribution < -0.4 is 10.6 Å². The van der Waals surface area contributed by atoms with Crippen LogP contribution >= 0.6 is 0 Å². The van der Waals surface area contributed by atoms with E-state index < -0.39 is 6.04 Å². The third kappa shape index (κ3) is 4.46.